The molecule has 0 unspecified atom stereocenters. The molecule has 6 aromatic rings. The molecule has 34 heteroatoms. The number of amides is 4. The van der Waals surface area contributed by atoms with Gasteiger partial charge < -0.3 is 98.7 Å². The van der Waals surface area contributed by atoms with Gasteiger partial charge in [0, 0.05) is 27.8 Å². The third kappa shape index (κ3) is 21.8. The number of carbonyl (C=O) groups is 4. The van der Waals surface area contributed by atoms with Crippen molar-refractivity contribution in [3.05, 3.63) is 247 Å². The number of hydrogen-bond acceptors (Lipinski definition) is 24. The highest BCUT2D eigenvalue weighted by Gasteiger charge is 2.59. The highest BCUT2D eigenvalue weighted by atomic mass is 16.8. The summed E-state index contributed by atoms with van der Waals surface area (Å²) in [7, 11) is 0. The van der Waals surface area contributed by atoms with E-state index in [-0.39, 0.29) is 52.5 Å². The smallest absolute Gasteiger partial charge is 0.410 e. The van der Waals surface area contributed by atoms with Crippen molar-refractivity contribution in [1.29, 1.82) is 0 Å². The van der Waals surface area contributed by atoms with Gasteiger partial charge in [-0.1, -0.05) is 197 Å². The van der Waals surface area contributed by atoms with Crippen LogP contribution in [0.5, 0.6) is 0 Å². The Morgan fingerprint density at radius 3 is 1.59 bits per heavy atom. The van der Waals surface area contributed by atoms with Crippen LogP contribution < -0.4 is 16.0 Å². The van der Waals surface area contributed by atoms with Crippen molar-refractivity contribution in [2.75, 3.05) is 19.7 Å². The first-order chi connectivity index (χ1) is 52.0. The van der Waals surface area contributed by atoms with E-state index in [1.807, 2.05) is 54.6 Å². The number of aliphatic hydroxyl groups is 6. The van der Waals surface area contributed by atoms with Crippen LogP contribution in [0.4, 0.5) is 14.4 Å². The van der Waals surface area contributed by atoms with Gasteiger partial charge in [-0.2, -0.15) is 0 Å². The van der Waals surface area contributed by atoms with Gasteiger partial charge in [0.15, 0.2) is 18.9 Å². The van der Waals surface area contributed by atoms with Crippen molar-refractivity contribution in [3.63, 3.8) is 0 Å². The van der Waals surface area contributed by atoms with Gasteiger partial charge in [-0.05, 0) is 69.7 Å². The lowest BCUT2D eigenvalue weighted by Crippen LogP contribution is -2.74. The molecule has 4 amide bonds. The summed E-state index contributed by atoms with van der Waals surface area (Å²) in [6, 6.07) is 45.2. The molecule has 21 atom stereocenters. The predicted molar refractivity (Wildman–Crippen MR) is 375 cm³/mol. The molecule has 6 aromatic carbocycles. The number of ether oxygens (including phenoxy) is 11. The molecule has 10 rings (SSSR count). The van der Waals surface area contributed by atoms with Crippen LogP contribution in [0, 0.1) is 0 Å². The molecule has 1 aliphatic carbocycles. The summed E-state index contributed by atoms with van der Waals surface area (Å²) < 4.78 is 70.0. The zero-order valence-electron chi connectivity index (χ0n) is 58.0. The van der Waals surface area contributed by atoms with Crippen LogP contribution in [0.2, 0.25) is 0 Å². The van der Waals surface area contributed by atoms with E-state index in [9.17, 15) is 60.9 Å². The van der Waals surface area contributed by atoms with Crippen molar-refractivity contribution in [1.82, 2.24) is 20.9 Å². The Hall–Kier alpha value is -10.0. The zero-order chi connectivity index (χ0) is 75.6. The summed E-state index contributed by atoms with van der Waals surface area (Å²) in [4.78, 5) is 67.3. The van der Waals surface area contributed by atoms with Gasteiger partial charge in [0.05, 0.1) is 68.8 Å². The summed E-state index contributed by atoms with van der Waals surface area (Å²) in [5, 5.41) is 90.0. The van der Waals surface area contributed by atoms with E-state index in [1.165, 1.54) is 4.90 Å². The quantitative estimate of drug-likeness (QED) is 0.00897. The van der Waals surface area contributed by atoms with E-state index in [2.05, 4.69) is 46.0 Å². The Bertz CT molecular complexity index is 3920. The SMILES string of the molecule is C[C@H]([C@H]1O[C@H](O[C@@H]2[C@@H](NC(=O)OCc3ccccc3)[C@H](OCc3ccccc3)[C@@H](NC(=O)[C@@H](O)CCNC(=O)OCc3ccccc3)[C@H](O)[C@H]2O[C@@H]2O[C@H](CO)[C@@H](O[C@H]3O[C@@H](CN=[N+]=[N-])[C@@H](O)[C@H](O)[C@H]3N=[N+]=[N-])[C@H]2O)[C@H](N=[N+]=[N-])C[C@@H]1OCc1ccccc1)N(Cc1ccccc1)C(=O)OCc1ccccc1. The fourth-order valence-electron chi connectivity index (χ4n) is 12.9. The average molecular weight is 1480 g/mol. The van der Waals surface area contributed by atoms with E-state index < -0.39 is 172 Å². The van der Waals surface area contributed by atoms with E-state index in [0.29, 0.717) is 27.8 Å². The molecule has 1 saturated carbocycles. The molecule has 0 spiro atoms. The second-order valence-electron chi connectivity index (χ2n) is 25.7. The molecule has 34 nitrogen and oxygen atoms in total. The summed E-state index contributed by atoms with van der Waals surface area (Å²) in [6.45, 7) is -1.11. The first kappa shape index (κ1) is 79.5. The summed E-state index contributed by atoms with van der Waals surface area (Å²) in [6.07, 6.45) is -32.3. The van der Waals surface area contributed by atoms with Gasteiger partial charge in [0.2, 0.25) is 5.91 Å². The number of hydrogen-bond donors (Lipinski definition) is 9. The largest absolute Gasteiger partial charge is 0.445 e. The van der Waals surface area contributed by atoms with Crippen molar-refractivity contribution in [2.24, 2.45) is 15.3 Å². The van der Waals surface area contributed by atoms with Crippen LogP contribution in [-0.2, 0) is 96.5 Å². The molecule has 3 heterocycles. The second-order valence-corrected chi connectivity index (χ2v) is 25.7. The molecule has 9 N–H and O–H groups in total. The fourth-order valence-corrected chi connectivity index (χ4v) is 12.9. The van der Waals surface area contributed by atoms with E-state index in [0.717, 1.165) is 5.56 Å². The first-order valence-corrected chi connectivity index (χ1v) is 34.6. The number of carbonyl (C=O) groups excluding carboxylic acids is 4. The minimum absolute atomic E-state index is 0.0210. The van der Waals surface area contributed by atoms with Crippen molar-refractivity contribution >= 4 is 24.2 Å². The number of nitrogens with one attached hydrogen (secondary N) is 3. The maximum absolute atomic E-state index is 14.9. The number of azide groups is 3. The summed E-state index contributed by atoms with van der Waals surface area (Å²) in [5.41, 5.74) is 33.1. The molecule has 0 aromatic heterocycles. The van der Waals surface area contributed by atoms with Crippen LogP contribution in [0.3, 0.4) is 0 Å². The third-order valence-electron chi connectivity index (χ3n) is 18.5. The number of benzene rings is 6. The molecule has 0 radical (unpaired) electrons. The Labute approximate surface area is 614 Å². The van der Waals surface area contributed by atoms with E-state index >= 15 is 0 Å². The average Bonchev–Trinajstić information content (AvgIpc) is 1.70. The van der Waals surface area contributed by atoms with Crippen LogP contribution in [0.15, 0.2) is 197 Å². The van der Waals surface area contributed by atoms with Gasteiger partial charge in [-0.25, -0.2) is 14.4 Å². The monoisotopic (exact) mass is 1480 g/mol. The first-order valence-electron chi connectivity index (χ1n) is 34.6. The van der Waals surface area contributed by atoms with E-state index in [1.54, 1.807) is 134 Å². The van der Waals surface area contributed by atoms with Crippen molar-refractivity contribution in [3.8, 4) is 0 Å². The minimum atomic E-state index is -2.21. The predicted octanol–water partition coefficient (Wildman–Crippen LogP) is 6.68. The van der Waals surface area contributed by atoms with Gasteiger partial charge in [-0.3, -0.25) is 9.69 Å². The van der Waals surface area contributed by atoms with Crippen LogP contribution >= 0.6 is 0 Å². The summed E-state index contributed by atoms with van der Waals surface area (Å²) in [5.74, 6) is -1.16. The summed E-state index contributed by atoms with van der Waals surface area (Å²) >= 11 is 0. The Balaban J connectivity index is 1.06. The molecule has 568 valence electrons. The van der Waals surface area contributed by atoms with Gasteiger partial charge in [0.1, 0.15) is 86.9 Å². The van der Waals surface area contributed by atoms with Crippen molar-refractivity contribution in [2.45, 2.75) is 188 Å². The maximum Gasteiger partial charge on any atom is 0.410 e. The van der Waals surface area contributed by atoms with Crippen molar-refractivity contribution < 1.29 is 102 Å². The van der Waals surface area contributed by atoms with Gasteiger partial charge in [-0.15, -0.1) is 0 Å². The number of alkyl carbamates (subject to hydrolysis) is 2. The van der Waals surface area contributed by atoms with Gasteiger partial charge in [0.25, 0.3) is 0 Å². The molecule has 0 bridgehead atoms. The molecule has 3 aliphatic heterocycles. The topological polar surface area (TPSA) is 477 Å². The fraction of sp³-hybridized carbons (Fsp3) is 0.452. The lowest BCUT2D eigenvalue weighted by Gasteiger charge is -2.51. The maximum atomic E-state index is 14.9. The Morgan fingerprint density at radius 1 is 0.533 bits per heavy atom. The standard InChI is InChI=1S/C73H85N13O21/c1-43(86(36-44-20-8-2-9-21-44)73(96)101-42-49-30-18-7-19-31-49)62-52(97-38-45-22-10-3-11-23-45)34-50(81-84-75)68(104-62)106-65-57(80-72(95)100-41-48-28-16-6-17-29-48)64(98-39-46-24-12-4-13-25-46)55(79-67(93)51(88)32-33-77-71(94)99-40-47-26-14-5-15-27-47)60(91)66(65)107-70-61(92)63(54(37-87)103-70)105-69-56(82-85-76)59(90)58(89)53(102-69)35-78-83-74/h2-31,43,50-66,68-70,87-92H,32-42H2,1H3,(H,77,94)(H,79,93)(H,80,95)/t43-,50-,51+,52+,53+,54-,55+,56-,57+,58-,59-,60+,61-,62-,63-,64-,65-,66-,68-,69-,70+/m1/s1. The zero-order valence-corrected chi connectivity index (χ0v) is 58.0. The van der Waals surface area contributed by atoms with Crippen LogP contribution in [-0.4, -0.2) is 208 Å². The molecule has 107 heavy (non-hydrogen) atoms. The number of nitrogens with zero attached hydrogens (tertiary/aromatic N) is 10. The Morgan fingerprint density at radius 2 is 1.04 bits per heavy atom. The number of rotatable bonds is 33. The van der Waals surface area contributed by atoms with Crippen LogP contribution in [0.1, 0.15) is 53.1 Å². The molecule has 4 aliphatic rings. The Kier molecular flexibility index (Phi) is 29.8. The lowest BCUT2D eigenvalue weighted by atomic mass is 9.80. The number of aliphatic hydroxyl groups excluding tert-OH is 6. The highest BCUT2D eigenvalue weighted by molar-refractivity contribution is 5.81. The molecule has 3 saturated heterocycles. The third-order valence-corrected chi connectivity index (χ3v) is 18.5. The van der Waals surface area contributed by atoms with Crippen LogP contribution in [0.25, 0.3) is 31.3 Å². The molecular weight excluding hydrogens is 1390 g/mol. The normalized spacial score (nSPS) is 28.0. The highest BCUT2D eigenvalue weighted by Crippen LogP contribution is 2.39. The second kappa shape index (κ2) is 40.1. The van der Waals surface area contributed by atoms with Gasteiger partial charge >= 0.3 is 18.3 Å². The minimum Gasteiger partial charge on any atom is -0.445 e. The molecular formula is C73H85N13O21. The molecule has 4 fully saturated rings. The lowest BCUT2D eigenvalue weighted by molar-refractivity contribution is -0.312. The van der Waals surface area contributed by atoms with E-state index in [4.69, 9.17) is 57.6 Å².